The Bertz CT molecular complexity index is 871. The molecule has 2 heterocycles. The standard InChI is InChI=1S/C13H9N3O4S/c17-12-9-3-1-2-4-10(9)14-13(15-12)21-7-8-5-6-11(20-8)16(18)19/h1-6H,7H2,(H,14,15,17). The van der Waals surface area contributed by atoms with Gasteiger partial charge in [0.05, 0.1) is 22.7 Å². The minimum absolute atomic E-state index is 0.214. The zero-order valence-electron chi connectivity index (χ0n) is 10.6. The number of aromatic amines is 1. The molecule has 0 fully saturated rings. The van der Waals surface area contributed by atoms with Gasteiger partial charge < -0.3 is 9.40 Å². The van der Waals surface area contributed by atoms with Crippen LogP contribution in [0.2, 0.25) is 0 Å². The molecule has 0 amide bonds. The lowest BCUT2D eigenvalue weighted by Gasteiger charge is -2.01. The summed E-state index contributed by atoms with van der Waals surface area (Å²) in [6.07, 6.45) is 0. The van der Waals surface area contributed by atoms with Crippen LogP contribution in [0.3, 0.4) is 0 Å². The molecular weight excluding hydrogens is 294 g/mol. The molecule has 106 valence electrons. The van der Waals surface area contributed by atoms with Gasteiger partial charge in [0.15, 0.2) is 5.16 Å². The van der Waals surface area contributed by atoms with Gasteiger partial charge in [0.2, 0.25) is 0 Å². The third-order valence-electron chi connectivity index (χ3n) is 2.77. The lowest BCUT2D eigenvalue weighted by Crippen LogP contribution is -2.08. The first-order valence-corrected chi connectivity index (χ1v) is 6.97. The Morgan fingerprint density at radius 3 is 2.86 bits per heavy atom. The fourth-order valence-corrected chi connectivity index (χ4v) is 2.58. The monoisotopic (exact) mass is 303 g/mol. The van der Waals surface area contributed by atoms with Crippen LogP contribution in [0.4, 0.5) is 5.88 Å². The van der Waals surface area contributed by atoms with E-state index in [1.165, 1.54) is 23.9 Å². The molecule has 0 aliphatic carbocycles. The van der Waals surface area contributed by atoms with Gasteiger partial charge in [0, 0.05) is 0 Å². The van der Waals surface area contributed by atoms with Crippen molar-refractivity contribution in [2.45, 2.75) is 10.9 Å². The van der Waals surface area contributed by atoms with Crippen LogP contribution in [0.5, 0.6) is 0 Å². The number of aromatic nitrogens is 2. The lowest BCUT2D eigenvalue weighted by molar-refractivity contribution is -0.402. The summed E-state index contributed by atoms with van der Waals surface area (Å²) in [5.41, 5.74) is 0.391. The van der Waals surface area contributed by atoms with Crippen molar-refractivity contribution in [3.8, 4) is 0 Å². The quantitative estimate of drug-likeness (QED) is 0.344. The number of nitrogens with zero attached hydrogens (tertiary/aromatic N) is 2. The van der Waals surface area contributed by atoms with Gasteiger partial charge in [-0.05, 0) is 18.2 Å². The van der Waals surface area contributed by atoms with Gasteiger partial charge in [-0.15, -0.1) is 0 Å². The molecule has 0 aliphatic rings. The molecule has 2 aromatic heterocycles. The summed E-state index contributed by atoms with van der Waals surface area (Å²) < 4.78 is 5.04. The smallest absolute Gasteiger partial charge is 0.405 e. The van der Waals surface area contributed by atoms with E-state index in [4.69, 9.17) is 4.42 Å². The summed E-state index contributed by atoms with van der Waals surface area (Å²) in [6.45, 7) is 0. The predicted octanol–water partition coefficient (Wildman–Crippen LogP) is 2.72. The zero-order chi connectivity index (χ0) is 14.8. The maximum atomic E-state index is 11.9. The number of para-hydroxylation sites is 1. The number of fused-ring (bicyclic) bond motifs is 1. The summed E-state index contributed by atoms with van der Waals surface area (Å²) in [6, 6.07) is 9.86. The Hall–Kier alpha value is -2.61. The molecule has 0 radical (unpaired) electrons. The van der Waals surface area contributed by atoms with Gasteiger partial charge >= 0.3 is 5.88 Å². The van der Waals surface area contributed by atoms with Crippen LogP contribution in [-0.4, -0.2) is 14.9 Å². The predicted molar refractivity (Wildman–Crippen MR) is 77.3 cm³/mol. The number of thioether (sulfide) groups is 1. The SMILES string of the molecule is O=c1[nH]c(SCc2ccc([N+](=O)[O-])o2)nc2ccccc12. The molecule has 21 heavy (non-hydrogen) atoms. The first-order valence-electron chi connectivity index (χ1n) is 5.98. The molecule has 0 saturated heterocycles. The van der Waals surface area contributed by atoms with E-state index < -0.39 is 4.92 Å². The molecule has 3 rings (SSSR count). The van der Waals surface area contributed by atoms with Crippen LogP contribution in [0, 0.1) is 10.1 Å². The van der Waals surface area contributed by atoms with Crippen molar-refractivity contribution in [1.29, 1.82) is 0 Å². The molecule has 0 atom stereocenters. The molecule has 0 spiro atoms. The summed E-state index contributed by atoms with van der Waals surface area (Å²) in [5.74, 6) is 0.489. The second-order valence-corrected chi connectivity index (χ2v) is 5.14. The number of nitro groups is 1. The molecule has 0 saturated carbocycles. The number of H-pyrrole nitrogens is 1. The van der Waals surface area contributed by atoms with Gasteiger partial charge in [-0.1, -0.05) is 23.9 Å². The van der Waals surface area contributed by atoms with Crippen molar-refractivity contribution in [3.05, 3.63) is 62.6 Å². The Morgan fingerprint density at radius 1 is 1.29 bits per heavy atom. The summed E-state index contributed by atoms with van der Waals surface area (Å²) in [7, 11) is 0. The van der Waals surface area contributed by atoms with E-state index in [1.54, 1.807) is 24.3 Å². The highest BCUT2D eigenvalue weighted by Crippen LogP contribution is 2.23. The summed E-state index contributed by atoms with van der Waals surface area (Å²) >= 11 is 1.24. The third kappa shape index (κ3) is 2.79. The van der Waals surface area contributed by atoms with Crippen LogP contribution in [0.15, 0.2) is 50.8 Å². The van der Waals surface area contributed by atoms with Crippen molar-refractivity contribution < 1.29 is 9.34 Å². The Labute approximate surface area is 122 Å². The van der Waals surface area contributed by atoms with Crippen LogP contribution < -0.4 is 5.56 Å². The topological polar surface area (TPSA) is 102 Å². The first-order chi connectivity index (χ1) is 10.1. The minimum atomic E-state index is -0.593. The van der Waals surface area contributed by atoms with Gasteiger partial charge in [-0.25, -0.2) is 4.98 Å². The molecule has 0 aliphatic heterocycles. The molecule has 0 unspecified atom stereocenters. The second-order valence-electron chi connectivity index (χ2n) is 4.17. The van der Waals surface area contributed by atoms with Gasteiger partial charge in [-0.3, -0.25) is 14.9 Å². The Balaban J connectivity index is 1.81. The van der Waals surface area contributed by atoms with Crippen LogP contribution in [0.1, 0.15) is 5.76 Å². The highest BCUT2D eigenvalue weighted by Gasteiger charge is 2.12. The van der Waals surface area contributed by atoms with Crippen molar-refractivity contribution in [2.24, 2.45) is 0 Å². The van der Waals surface area contributed by atoms with Crippen molar-refractivity contribution in [3.63, 3.8) is 0 Å². The molecule has 8 heteroatoms. The molecule has 0 bridgehead atoms. The zero-order valence-corrected chi connectivity index (χ0v) is 11.4. The lowest BCUT2D eigenvalue weighted by atomic mass is 10.2. The number of hydrogen-bond donors (Lipinski definition) is 1. The van der Waals surface area contributed by atoms with Crippen LogP contribution in [-0.2, 0) is 5.75 Å². The molecular formula is C13H9N3O4S. The van der Waals surface area contributed by atoms with Crippen LogP contribution >= 0.6 is 11.8 Å². The molecule has 1 aromatic carbocycles. The number of furan rings is 1. The normalized spacial score (nSPS) is 10.9. The van der Waals surface area contributed by atoms with Crippen molar-refractivity contribution in [1.82, 2.24) is 9.97 Å². The number of hydrogen-bond acceptors (Lipinski definition) is 6. The Morgan fingerprint density at radius 2 is 2.10 bits per heavy atom. The highest BCUT2D eigenvalue weighted by molar-refractivity contribution is 7.98. The Kier molecular flexibility index (Phi) is 3.44. The third-order valence-corrected chi connectivity index (χ3v) is 3.67. The number of nitrogens with one attached hydrogen (secondary N) is 1. The minimum Gasteiger partial charge on any atom is -0.405 e. The molecule has 7 nitrogen and oxygen atoms in total. The van der Waals surface area contributed by atoms with E-state index in [2.05, 4.69) is 9.97 Å². The van der Waals surface area contributed by atoms with E-state index >= 15 is 0 Å². The van der Waals surface area contributed by atoms with Gasteiger partial charge in [0.1, 0.15) is 10.7 Å². The van der Waals surface area contributed by atoms with E-state index in [9.17, 15) is 14.9 Å². The molecule has 1 N–H and O–H groups in total. The maximum absolute atomic E-state index is 11.9. The van der Waals surface area contributed by atoms with E-state index in [0.29, 0.717) is 27.6 Å². The second kappa shape index (κ2) is 5.41. The maximum Gasteiger partial charge on any atom is 0.433 e. The number of benzene rings is 1. The van der Waals surface area contributed by atoms with Gasteiger partial charge in [0.25, 0.3) is 5.56 Å². The number of rotatable bonds is 4. The van der Waals surface area contributed by atoms with Crippen molar-refractivity contribution in [2.75, 3.05) is 0 Å². The fraction of sp³-hybridized carbons (Fsp3) is 0.0769. The first kappa shape index (κ1) is 13.4. The fourth-order valence-electron chi connectivity index (χ4n) is 1.82. The average molecular weight is 303 g/mol. The summed E-state index contributed by atoms with van der Waals surface area (Å²) in [5, 5.41) is 11.5. The van der Waals surface area contributed by atoms with Gasteiger partial charge in [-0.2, -0.15) is 0 Å². The van der Waals surface area contributed by atoms with E-state index in [1.807, 2.05) is 0 Å². The van der Waals surface area contributed by atoms with Crippen LogP contribution in [0.25, 0.3) is 10.9 Å². The average Bonchev–Trinajstić information content (AvgIpc) is 2.94. The van der Waals surface area contributed by atoms with Crippen molar-refractivity contribution >= 4 is 28.5 Å². The van der Waals surface area contributed by atoms with E-state index in [-0.39, 0.29) is 11.4 Å². The largest absolute Gasteiger partial charge is 0.433 e. The molecule has 3 aromatic rings. The van der Waals surface area contributed by atoms with E-state index in [0.717, 1.165) is 0 Å². The summed E-state index contributed by atoms with van der Waals surface area (Å²) in [4.78, 5) is 28.8. The highest BCUT2D eigenvalue weighted by atomic mass is 32.2.